The molecule has 1 aromatic heterocycles. The number of amides is 1. The van der Waals surface area contributed by atoms with Crippen LogP contribution in [0.2, 0.25) is 0 Å². The molecule has 1 N–H and O–H groups in total. The standard InChI is InChI=1S/C16H17N3O4/c1-22-15(20)14-7-12-13(18-10-17-12)8-19(14)16(21)23-9-11-5-3-2-4-6-11/h2-6,10,14H,7-9H2,1H3,(H,17,18)/t14-/m1/s1. The van der Waals surface area contributed by atoms with E-state index in [0.29, 0.717) is 6.42 Å². The SMILES string of the molecule is COC(=O)[C@H]1Cc2nc[nH]c2CN1C(=O)OCc1ccccc1. The number of hydrogen-bond donors (Lipinski definition) is 1. The van der Waals surface area contributed by atoms with Crippen molar-refractivity contribution >= 4 is 12.1 Å². The first-order chi connectivity index (χ1) is 11.2. The van der Waals surface area contributed by atoms with Gasteiger partial charge in [-0.2, -0.15) is 0 Å². The van der Waals surface area contributed by atoms with Gasteiger partial charge in [0.05, 0.1) is 31.4 Å². The normalized spacial score (nSPS) is 16.6. The van der Waals surface area contributed by atoms with Crippen LogP contribution in [-0.4, -0.2) is 40.1 Å². The second-order valence-corrected chi connectivity index (χ2v) is 5.24. The summed E-state index contributed by atoms with van der Waals surface area (Å²) in [6, 6.07) is 8.65. The third kappa shape index (κ3) is 3.18. The molecule has 7 nitrogen and oxygen atoms in total. The number of imidazole rings is 1. The van der Waals surface area contributed by atoms with Crippen LogP contribution in [0.4, 0.5) is 4.79 Å². The van der Waals surface area contributed by atoms with Crippen LogP contribution in [0.15, 0.2) is 36.7 Å². The van der Waals surface area contributed by atoms with Crippen molar-refractivity contribution < 1.29 is 19.1 Å². The molecule has 0 aliphatic carbocycles. The molecule has 3 rings (SSSR count). The van der Waals surface area contributed by atoms with Crippen LogP contribution in [0.3, 0.4) is 0 Å². The summed E-state index contributed by atoms with van der Waals surface area (Å²) in [6.45, 7) is 0.391. The molecule has 2 heterocycles. The molecular weight excluding hydrogens is 298 g/mol. The summed E-state index contributed by atoms with van der Waals surface area (Å²) >= 11 is 0. The minimum absolute atomic E-state index is 0.153. The van der Waals surface area contributed by atoms with E-state index in [1.807, 2.05) is 30.3 Å². The van der Waals surface area contributed by atoms with E-state index in [9.17, 15) is 9.59 Å². The topological polar surface area (TPSA) is 84.5 Å². The molecule has 2 aromatic rings. The second-order valence-electron chi connectivity index (χ2n) is 5.24. The van der Waals surface area contributed by atoms with Crippen LogP contribution in [0, 0.1) is 0 Å². The molecule has 1 aliphatic rings. The summed E-state index contributed by atoms with van der Waals surface area (Å²) in [6.07, 6.45) is 1.31. The summed E-state index contributed by atoms with van der Waals surface area (Å²) < 4.78 is 10.1. The Balaban J connectivity index is 1.73. The van der Waals surface area contributed by atoms with Gasteiger partial charge in [0.25, 0.3) is 0 Å². The van der Waals surface area contributed by atoms with Crippen LogP contribution in [-0.2, 0) is 33.8 Å². The Morgan fingerprint density at radius 2 is 2.13 bits per heavy atom. The lowest BCUT2D eigenvalue weighted by Gasteiger charge is -2.32. The van der Waals surface area contributed by atoms with Gasteiger partial charge in [0.2, 0.25) is 0 Å². The molecule has 0 bridgehead atoms. The average molecular weight is 315 g/mol. The van der Waals surface area contributed by atoms with Crippen molar-refractivity contribution in [3.63, 3.8) is 0 Å². The van der Waals surface area contributed by atoms with Crippen molar-refractivity contribution in [2.75, 3.05) is 7.11 Å². The summed E-state index contributed by atoms with van der Waals surface area (Å²) in [5.74, 6) is -0.477. The summed E-state index contributed by atoms with van der Waals surface area (Å²) in [7, 11) is 1.30. The van der Waals surface area contributed by atoms with Gasteiger partial charge < -0.3 is 14.5 Å². The van der Waals surface area contributed by atoms with E-state index in [1.54, 1.807) is 6.33 Å². The largest absolute Gasteiger partial charge is 0.467 e. The number of carbonyl (C=O) groups excluding carboxylic acids is 2. The number of ether oxygens (including phenoxy) is 2. The van der Waals surface area contributed by atoms with Gasteiger partial charge in [0.1, 0.15) is 12.6 Å². The number of nitrogens with zero attached hydrogens (tertiary/aromatic N) is 2. The number of fused-ring (bicyclic) bond motifs is 1. The Bertz CT molecular complexity index is 698. The molecule has 0 saturated carbocycles. The number of carbonyl (C=O) groups is 2. The first kappa shape index (κ1) is 15.1. The lowest BCUT2D eigenvalue weighted by Crippen LogP contribution is -2.49. The van der Waals surface area contributed by atoms with Crippen LogP contribution >= 0.6 is 0 Å². The van der Waals surface area contributed by atoms with E-state index < -0.39 is 18.1 Å². The Morgan fingerprint density at radius 3 is 2.87 bits per heavy atom. The Morgan fingerprint density at radius 1 is 1.35 bits per heavy atom. The second kappa shape index (κ2) is 6.51. The van der Waals surface area contributed by atoms with Gasteiger partial charge in [-0.3, -0.25) is 4.90 Å². The smallest absolute Gasteiger partial charge is 0.411 e. The first-order valence-electron chi connectivity index (χ1n) is 7.25. The van der Waals surface area contributed by atoms with Crippen molar-refractivity contribution in [3.05, 3.63) is 53.6 Å². The van der Waals surface area contributed by atoms with Gasteiger partial charge in [0.15, 0.2) is 0 Å². The number of hydrogen-bond acceptors (Lipinski definition) is 5. The third-order valence-corrected chi connectivity index (χ3v) is 3.81. The molecular formula is C16H17N3O4. The molecule has 0 fully saturated rings. The van der Waals surface area contributed by atoms with Crippen molar-refractivity contribution in [1.82, 2.24) is 14.9 Å². The molecule has 1 amide bonds. The van der Waals surface area contributed by atoms with E-state index in [1.165, 1.54) is 12.0 Å². The highest BCUT2D eigenvalue weighted by Crippen LogP contribution is 2.22. The maximum atomic E-state index is 12.4. The Labute approximate surface area is 133 Å². The molecule has 120 valence electrons. The number of methoxy groups -OCH3 is 1. The van der Waals surface area contributed by atoms with E-state index in [4.69, 9.17) is 9.47 Å². The summed E-state index contributed by atoms with van der Waals surface area (Å²) in [4.78, 5) is 32.9. The molecule has 0 saturated heterocycles. The van der Waals surface area contributed by atoms with E-state index in [-0.39, 0.29) is 13.2 Å². The van der Waals surface area contributed by atoms with Gasteiger partial charge in [-0.1, -0.05) is 30.3 Å². The van der Waals surface area contributed by atoms with Gasteiger partial charge in [-0.15, -0.1) is 0 Å². The zero-order valence-corrected chi connectivity index (χ0v) is 12.7. The fourth-order valence-corrected chi connectivity index (χ4v) is 2.58. The van der Waals surface area contributed by atoms with E-state index in [0.717, 1.165) is 17.0 Å². The summed E-state index contributed by atoms with van der Waals surface area (Å²) in [5.41, 5.74) is 2.46. The van der Waals surface area contributed by atoms with Crippen molar-refractivity contribution in [2.45, 2.75) is 25.6 Å². The van der Waals surface area contributed by atoms with Gasteiger partial charge in [0, 0.05) is 6.42 Å². The monoisotopic (exact) mass is 315 g/mol. The fourth-order valence-electron chi connectivity index (χ4n) is 2.58. The number of aromatic amines is 1. The van der Waals surface area contributed by atoms with E-state index >= 15 is 0 Å². The van der Waals surface area contributed by atoms with Crippen LogP contribution < -0.4 is 0 Å². The molecule has 23 heavy (non-hydrogen) atoms. The number of nitrogens with one attached hydrogen (secondary N) is 1. The Hall–Kier alpha value is -2.83. The molecule has 7 heteroatoms. The molecule has 1 aromatic carbocycles. The lowest BCUT2D eigenvalue weighted by atomic mass is 10.0. The zero-order chi connectivity index (χ0) is 16.2. The quantitative estimate of drug-likeness (QED) is 0.871. The molecule has 1 atom stereocenters. The predicted octanol–water partition coefficient (Wildman–Crippen LogP) is 1.65. The van der Waals surface area contributed by atoms with Crippen LogP contribution in [0.1, 0.15) is 17.0 Å². The van der Waals surface area contributed by atoms with Crippen LogP contribution in [0.5, 0.6) is 0 Å². The number of rotatable bonds is 3. The number of benzene rings is 1. The number of esters is 1. The van der Waals surface area contributed by atoms with Crippen molar-refractivity contribution in [3.8, 4) is 0 Å². The fraction of sp³-hybridized carbons (Fsp3) is 0.312. The summed E-state index contributed by atoms with van der Waals surface area (Å²) in [5, 5.41) is 0. The highest BCUT2D eigenvalue weighted by molar-refractivity contribution is 5.82. The molecule has 0 radical (unpaired) electrons. The van der Waals surface area contributed by atoms with E-state index in [2.05, 4.69) is 9.97 Å². The van der Waals surface area contributed by atoms with Gasteiger partial charge in [-0.25, -0.2) is 14.6 Å². The predicted molar refractivity (Wildman–Crippen MR) is 80.3 cm³/mol. The molecule has 1 aliphatic heterocycles. The number of H-pyrrole nitrogens is 1. The Kier molecular flexibility index (Phi) is 4.27. The van der Waals surface area contributed by atoms with Crippen molar-refractivity contribution in [1.29, 1.82) is 0 Å². The van der Waals surface area contributed by atoms with Crippen LogP contribution in [0.25, 0.3) is 0 Å². The maximum Gasteiger partial charge on any atom is 0.411 e. The highest BCUT2D eigenvalue weighted by atomic mass is 16.6. The molecule has 0 unspecified atom stereocenters. The zero-order valence-electron chi connectivity index (χ0n) is 12.7. The lowest BCUT2D eigenvalue weighted by molar-refractivity contribution is -0.147. The first-order valence-corrected chi connectivity index (χ1v) is 7.25. The average Bonchev–Trinajstić information content (AvgIpc) is 3.06. The van der Waals surface area contributed by atoms with Gasteiger partial charge >= 0.3 is 12.1 Å². The number of aromatic nitrogens is 2. The minimum Gasteiger partial charge on any atom is -0.467 e. The van der Waals surface area contributed by atoms with Crippen molar-refractivity contribution in [2.24, 2.45) is 0 Å². The third-order valence-electron chi connectivity index (χ3n) is 3.81. The minimum atomic E-state index is -0.723. The molecule has 0 spiro atoms. The maximum absolute atomic E-state index is 12.4. The van der Waals surface area contributed by atoms with Gasteiger partial charge in [-0.05, 0) is 5.56 Å². The highest BCUT2D eigenvalue weighted by Gasteiger charge is 2.37.